The molecule has 5 nitrogen and oxygen atoms in total. The van der Waals surface area contributed by atoms with Gasteiger partial charge >= 0.3 is 5.97 Å². The molecular weight excluding hydrogens is 426 g/mol. The van der Waals surface area contributed by atoms with Crippen LogP contribution in [0.25, 0.3) is 0 Å². The van der Waals surface area contributed by atoms with E-state index in [4.69, 9.17) is 16.3 Å². The van der Waals surface area contributed by atoms with Crippen molar-refractivity contribution < 1.29 is 19.4 Å². The molecule has 1 aliphatic heterocycles. The predicted octanol–water partition coefficient (Wildman–Crippen LogP) is 5.36. The number of esters is 1. The number of halogens is 1. The van der Waals surface area contributed by atoms with Gasteiger partial charge in [0.2, 0.25) is 0 Å². The van der Waals surface area contributed by atoms with Gasteiger partial charge in [0.25, 0.3) is 0 Å². The summed E-state index contributed by atoms with van der Waals surface area (Å²) in [6.07, 6.45) is 1.73. The van der Waals surface area contributed by atoms with E-state index in [9.17, 15) is 14.7 Å². The maximum Gasteiger partial charge on any atom is 0.336 e. The molecule has 0 spiro atoms. The zero-order valence-electron chi connectivity index (χ0n) is 18.2. The topological polar surface area (TPSA) is 75.6 Å². The Morgan fingerprint density at radius 1 is 1.09 bits per heavy atom. The molecule has 2 aromatic rings. The lowest BCUT2D eigenvalue weighted by Gasteiger charge is -2.36. The highest BCUT2D eigenvalue weighted by Crippen LogP contribution is 2.46. The highest BCUT2D eigenvalue weighted by Gasteiger charge is 2.41. The second-order valence-electron chi connectivity index (χ2n) is 8.30. The summed E-state index contributed by atoms with van der Waals surface area (Å²) in [4.78, 5) is 26.5. The molecule has 1 heterocycles. The molecule has 2 N–H and O–H groups in total. The normalized spacial score (nSPS) is 20.7. The molecule has 2 atom stereocenters. The standard InChI is InChI=1S/C26H26ClNO4/c1-3-12-32-26(31)23-15(2)28-21-13-18(16-4-8-19(27)9-5-16)14-22(30)25(21)24(23)17-6-10-20(29)11-7-17/h4-11,18,24,28-29H,3,12-14H2,1-2H3/t18-,24+/m0/s1. The molecule has 2 aromatic carbocycles. The second kappa shape index (κ2) is 9.21. The number of phenolic OH excluding ortho intramolecular Hbond substituents is 1. The van der Waals surface area contributed by atoms with Crippen molar-refractivity contribution in [2.24, 2.45) is 0 Å². The Hall–Kier alpha value is -3.05. The third kappa shape index (κ3) is 4.30. The molecule has 0 amide bonds. The number of rotatable bonds is 5. The smallest absolute Gasteiger partial charge is 0.336 e. The van der Waals surface area contributed by atoms with E-state index in [0.29, 0.717) is 47.7 Å². The zero-order valence-corrected chi connectivity index (χ0v) is 18.9. The first kappa shape index (κ1) is 22.2. The van der Waals surface area contributed by atoms with E-state index in [1.807, 2.05) is 38.1 Å². The number of benzene rings is 2. The van der Waals surface area contributed by atoms with E-state index in [1.165, 1.54) is 0 Å². The molecule has 0 fully saturated rings. The van der Waals surface area contributed by atoms with Crippen LogP contribution in [0.15, 0.2) is 71.1 Å². The number of aromatic hydroxyl groups is 1. The molecule has 0 aromatic heterocycles. The van der Waals surface area contributed by atoms with E-state index in [1.54, 1.807) is 24.3 Å². The fraction of sp³-hybridized carbons (Fsp3) is 0.308. The van der Waals surface area contributed by atoms with Crippen LogP contribution in [0.4, 0.5) is 0 Å². The molecule has 6 heteroatoms. The molecule has 0 bridgehead atoms. The van der Waals surface area contributed by atoms with Gasteiger partial charge in [0.05, 0.1) is 12.2 Å². The van der Waals surface area contributed by atoms with Crippen LogP contribution in [-0.4, -0.2) is 23.5 Å². The molecule has 0 saturated carbocycles. The van der Waals surface area contributed by atoms with Crippen LogP contribution in [0.5, 0.6) is 5.75 Å². The average Bonchev–Trinajstić information content (AvgIpc) is 2.77. The highest BCUT2D eigenvalue weighted by molar-refractivity contribution is 6.30. The second-order valence-corrected chi connectivity index (χ2v) is 8.73. The van der Waals surface area contributed by atoms with Crippen LogP contribution in [0.2, 0.25) is 5.02 Å². The first-order chi connectivity index (χ1) is 15.4. The van der Waals surface area contributed by atoms with Crippen molar-refractivity contribution in [1.29, 1.82) is 0 Å². The van der Waals surface area contributed by atoms with E-state index in [0.717, 1.165) is 16.8 Å². The van der Waals surface area contributed by atoms with E-state index in [2.05, 4.69) is 5.32 Å². The van der Waals surface area contributed by atoms with Gasteiger partial charge in [-0.2, -0.15) is 0 Å². The predicted molar refractivity (Wildman–Crippen MR) is 123 cm³/mol. The fourth-order valence-corrected chi connectivity index (χ4v) is 4.68. The van der Waals surface area contributed by atoms with Gasteiger partial charge in [0.1, 0.15) is 5.75 Å². The molecule has 0 radical (unpaired) electrons. The van der Waals surface area contributed by atoms with Gasteiger partial charge < -0.3 is 15.2 Å². The van der Waals surface area contributed by atoms with Crippen LogP contribution in [0.3, 0.4) is 0 Å². The number of allylic oxidation sites excluding steroid dienone is 3. The molecule has 0 saturated heterocycles. The summed E-state index contributed by atoms with van der Waals surface area (Å²) in [5.74, 6) is -0.785. The number of carbonyl (C=O) groups is 2. The van der Waals surface area contributed by atoms with Gasteiger partial charge in [-0.1, -0.05) is 42.8 Å². The van der Waals surface area contributed by atoms with E-state index < -0.39 is 11.9 Å². The Morgan fingerprint density at radius 2 is 1.75 bits per heavy atom. The van der Waals surface area contributed by atoms with Gasteiger partial charge in [-0.15, -0.1) is 0 Å². The molecule has 1 aliphatic carbocycles. The third-order valence-electron chi connectivity index (χ3n) is 6.05. The third-order valence-corrected chi connectivity index (χ3v) is 6.30. The molecule has 166 valence electrons. The summed E-state index contributed by atoms with van der Waals surface area (Å²) in [5.41, 5.74) is 4.41. The van der Waals surface area contributed by atoms with Crippen molar-refractivity contribution in [3.63, 3.8) is 0 Å². The summed E-state index contributed by atoms with van der Waals surface area (Å²) < 4.78 is 5.46. The van der Waals surface area contributed by atoms with Gasteiger partial charge in [-0.3, -0.25) is 4.79 Å². The Labute approximate surface area is 192 Å². The molecule has 0 unspecified atom stereocenters. The average molecular weight is 452 g/mol. The minimum absolute atomic E-state index is 0.00469. The lowest BCUT2D eigenvalue weighted by molar-refractivity contribution is -0.139. The monoisotopic (exact) mass is 451 g/mol. The maximum absolute atomic E-state index is 13.5. The summed E-state index contributed by atoms with van der Waals surface area (Å²) in [5, 5.41) is 13.8. The molecular formula is C26H26ClNO4. The summed E-state index contributed by atoms with van der Waals surface area (Å²) in [6.45, 7) is 4.10. The van der Waals surface area contributed by atoms with Crippen molar-refractivity contribution in [3.05, 3.63) is 87.2 Å². The van der Waals surface area contributed by atoms with Crippen molar-refractivity contribution in [1.82, 2.24) is 5.32 Å². The number of carbonyl (C=O) groups excluding carboxylic acids is 2. The summed E-state index contributed by atoms with van der Waals surface area (Å²) in [6, 6.07) is 14.3. The van der Waals surface area contributed by atoms with E-state index >= 15 is 0 Å². The first-order valence-electron chi connectivity index (χ1n) is 10.8. The lowest BCUT2D eigenvalue weighted by atomic mass is 9.72. The first-order valence-corrected chi connectivity index (χ1v) is 11.2. The maximum atomic E-state index is 13.5. The number of ketones is 1. The van der Waals surface area contributed by atoms with Gasteiger partial charge in [-0.25, -0.2) is 4.79 Å². The van der Waals surface area contributed by atoms with Crippen molar-refractivity contribution >= 4 is 23.4 Å². The number of hydrogen-bond acceptors (Lipinski definition) is 5. The minimum Gasteiger partial charge on any atom is -0.508 e. The van der Waals surface area contributed by atoms with Gasteiger partial charge in [0, 0.05) is 34.3 Å². The molecule has 4 rings (SSSR count). The Kier molecular flexibility index (Phi) is 6.38. The fourth-order valence-electron chi connectivity index (χ4n) is 4.55. The van der Waals surface area contributed by atoms with Crippen molar-refractivity contribution in [2.45, 2.75) is 44.9 Å². The SMILES string of the molecule is CCCOC(=O)C1=C(C)NC2=C(C(=O)C[C@@H](c3ccc(Cl)cc3)C2)[C@@H]1c1ccc(O)cc1. The molecule has 32 heavy (non-hydrogen) atoms. The number of dihydropyridines is 1. The lowest BCUT2D eigenvalue weighted by Crippen LogP contribution is -2.36. The number of Topliss-reactive ketones (excluding diaryl/α,β-unsaturated/α-hetero) is 1. The zero-order chi connectivity index (χ0) is 22.8. The number of ether oxygens (including phenoxy) is 1. The quantitative estimate of drug-likeness (QED) is 0.598. The van der Waals surface area contributed by atoms with Gasteiger partial charge in [0.15, 0.2) is 5.78 Å². The Morgan fingerprint density at radius 3 is 2.41 bits per heavy atom. The Balaban J connectivity index is 1.76. The van der Waals surface area contributed by atoms with Crippen LogP contribution in [-0.2, 0) is 14.3 Å². The highest BCUT2D eigenvalue weighted by atomic mass is 35.5. The van der Waals surface area contributed by atoms with Crippen LogP contribution >= 0.6 is 11.6 Å². The van der Waals surface area contributed by atoms with Crippen molar-refractivity contribution in [2.75, 3.05) is 6.61 Å². The van der Waals surface area contributed by atoms with Crippen LogP contribution in [0.1, 0.15) is 56.1 Å². The molecule has 2 aliphatic rings. The van der Waals surface area contributed by atoms with E-state index in [-0.39, 0.29) is 17.5 Å². The largest absolute Gasteiger partial charge is 0.508 e. The summed E-state index contributed by atoms with van der Waals surface area (Å²) >= 11 is 6.03. The van der Waals surface area contributed by atoms with Crippen molar-refractivity contribution in [3.8, 4) is 5.75 Å². The minimum atomic E-state index is -0.533. The number of nitrogens with one attached hydrogen (secondary N) is 1. The van der Waals surface area contributed by atoms with Crippen LogP contribution in [0, 0.1) is 0 Å². The van der Waals surface area contributed by atoms with Crippen LogP contribution < -0.4 is 5.32 Å². The Bertz CT molecular complexity index is 1100. The number of phenols is 1. The van der Waals surface area contributed by atoms with Gasteiger partial charge in [-0.05, 0) is 61.1 Å². The summed E-state index contributed by atoms with van der Waals surface area (Å²) in [7, 11) is 0. The number of hydrogen-bond donors (Lipinski definition) is 2.